The standard InChI is InChI=1S/C10H6N4O/c11-6-14-10(15)7-1-2-8-9(5-7)13-4-3-12-8/h1-5H,(H,14,15). The molecule has 2 aromatic rings. The minimum atomic E-state index is -0.440. The zero-order valence-corrected chi connectivity index (χ0v) is 7.64. The number of hydrogen-bond acceptors (Lipinski definition) is 4. The van der Waals surface area contributed by atoms with Gasteiger partial charge in [0.2, 0.25) is 0 Å². The Hall–Kier alpha value is -2.48. The van der Waals surface area contributed by atoms with Gasteiger partial charge >= 0.3 is 0 Å². The van der Waals surface area contributed by atoms with E-state index in [1.165, 1.54) is 0 Å². The van der Waals surface area contributed by atoms with Crippen molar-refractivity contribution in [1.29, 1.82) is 5.26 Å². The van der Waals surface area contributed by atoms with E-state index < -0.39 is 5.91 Å². The van der Waals surface area contributed by atoms with Gasteiger partial charge in [0.15, 0.2) is 6.19 Å². The summed E-state index contributed by atoms with van der Waals surface area (Å²) < 4.78 is 0. The van der Waals surface area contributed by atoms with Crippen LogP contribution >= 0.6 is 0 Å². The van der Waals surface area contributed by atoms with Crippen LogP contribution in [0.15, 0.2) is 30.6 Å². The number of nitriles is 1. The van der Waals surface area contributed by atoms with Crippen molar-refractivity contribution in [2.75, 3.05) is 0 Å². The number of nitrogens with zero attached hydrogens (tertiary/aromatic N) is 3. The maximum absolute atomic E-state index is 11.3. The Bertz CT molecular complexity index is 559. The van der Waals surface area contributed by atoms with Crippen LogP contribution in [0.1, 0.15) is 10.4 Å². The van der Waals surface area contributed by atoms with Crippen LogP contribution in [0.25, 0.3) is 11.0 Å². The summed E-state index contributed by atoms with van der Waals surface area (Å²) in [6, 6.07) is 4.88. The quantitative estimate of drug-likeness (QED) is 0.544. The number of nitrogens with one attached hydrogen (secondary N) is 1. The average Bonchev–Trinajstić information content (AvgIpc) is 2.29. The molecule has 0 fully saturated rings. The van der Waals surface area contributed by atoms with Gasteiger partial charge in [0, 0.05) is 18.0 Å². The molecule has 0 atom stereocenters. The Morgan fingerprint density at radius 3 is 2.73 bits per heavy atom. The fourth-order valence-corrected chi connectivity index (χ4v) is 1.23. The summed E-state index contributed by atoms with van der Waals surface area (Å²) in [5.41, 5.74) is 1.73. The number of rotatable bonds is 1. The first-order valence-corrected chi connectivity index (χ1v) is 4.21. The minimum absolute atomic E-state index is 0.393. The number of aromatic nitrogens is 2. The van der Waals surface area contributed by atoms with Crippen molar-refractivity contribution in [2.24, 2.45) is 0 Å². The molecular weight excluding hydrogens is 192 g/mol. The summed E-state index contributed by atoms with van der Waals surface area (Å²) in [6.45, 7) is 0. The van der Waals surface area contributed by atoms with Crippen LogP contribution in [-0.2, 0) is 0 Å². The minimum Gasteiger partial charge on any atom is -0.268 e. The summed E-state index contributed by atoms with van der Waals surface area (Å²) in [6.07, 6.45) is 4.71. The molecule has 2 rings (SSSR count). The molecule has 1 aromatic carbocycles. The topological polar surface area (TPSA) is 78.7 Å². The summed E-state index contributed by atoms with van der Waals surface area (Å²) in [5, 5.41) is 10.3. The summed E-state index contributed by atoms with van der Waals surface area (Å²) in [5.74, 6) is -0.440. The molecule has 0 aliphatic heterocycles. The van der Waals surface area contributed by atoms with Crippen LogP contribution in [-0.4, -0.2) is 15.9 Å². The largest absolute Gasteiger partial charge is 0.268 e. The van der Waals surface area contributed by atoms with E-state index in [2.05, 4.69) is 9.97 Å². The lowest BCUT2D eigenvalue weighted by atomic mass is 10.2. The highest BCUT2D eigenvalue weighted by Gasteiger charge is 2.05. The average molecular weight is 198 g/mol. The maximum atomic E-state index is 11.3. The third-order valence-electron chi connectivity index (χ3n) is 1.90. The first kappa shape index (κ1) is 9.09. The first-order valence-electron chi connectivity index (χ1n) is 4.21. The second kappa shape index (κ2) is 3.72. The number of hydrogen-bond donors (Lipinski definition) is 1. The predicted molar refractivity (Wildman–Crippen MR) is 52.6 cm³/mol. The van der Waals surface area contributed by atoms with Crippen LogP contribution in [0.3, 0.4) is 0 Å². The number of carbonyl (C=O) groups excluding carboxylic acids is 1. The van der Waals surface area contributed by atoms with Gasteiger partial charge in [-0.15, -0.1) is 0 Å². The second-order valence-corrected chi connectivity index (χ2v) is 2.83. The van der Waals surface area contributed by atoms with Crippen molar-refractivity contribution in [3.05, 3.63) is 36.2 Å². The van der Waals surface area contributed by atoms with Crippen molar-refractivity contribution < 1.29 is 4.79 Å². The fraction of sp³-hybridized carbons (Fsp3) is 0. The molecule has 0 bridgehead atoms. The van der Waals surface area contributed by atoms with Gasteiger partial charge in [0.25, 0.3) is 5.91 Å². The first-order chi connectivity index (χ1) is 7.31. The smallest absolute Gasteiger partial charge is 0.264 e. The highest BCUT2D eigenvalue weighted by Crippen LogP contribution is 2.10. The molecule has 1 heterocycles. The zero-order chi connectivity index (χ0) is 10.7. The molecule has 0 radical (unpaired) electrons. The van der Waals surface area contributed by atoms with Crippen LogP contribution in [0, 0.1) is 11.5 Å². The SMILES string of the molecule is N#CNC(=O)c1ccc2nccnc2c1. The molecule has 5 nitrogen and oxygen atoms in total. The van der Waals surface area contributed by atoms with Gasteiger partial charge in [-0.05, 0) is 18.2 Å². The highest BCUT2D eigenvalue weighted by molar-refractivity contribution is 5.97. The molecular formula is C10H6N4O. The molecule has 0 aliphatic carbocycles. The lowest BCUT2D eigenvalue weighted by Crippen LogP contribution is -2.17. The summed E-state index contributed by atoms with van der Waals surface area (Å²) >= 11 is 0. The van der Waals surface area contributed by atoms with Crippen molar-refractivity contribution in [1.82, 2.24) is 15.3 Å². The molecule has 72 valence electrons. The van der Waals surface area contributed by atoms with E-state index in [4.69, 9.17) is 5.26 Å². The van der Waals surface area contributed by atoms with E-state index in [1.54, 1.807) is 36.8 Å². The van der Waals surface area contributed by atoms with Gasteiger partial charge in [0.05, 0.1) is 11.0 Å². The van der Waals surface area contributed by atoms with Crippen LogP contribution in [0.2, 0.25) is 0 Å². The third kappa shape index (κ3) is 1.74. The molecule has 0 unspecified atom stereocenters. The third-order valence-corrected chi connectivity index (χ3v) is 1.90. The fourth-order valence-electron chi connectivity index (χ4n) is 1.23. The zero-order valence-electron chi connectivity index (χ0n) is 7.64. The summed E-state index contributed by atoms with van der Waals surface area (Å²) in [7, 11) is 0. The Morgan fingerprint density at radius 2 is 2.00 bits per heavy atom. The van der Waals surface area contributed by atoms with Crippen molar-refractivity contribution in [3.63, 3.8) is 0 Å². The van der Waals surface area contributed by atoms with Crippen molar-refractivity contribution in [2.45, 2.75) is 0 Å². The molecule has 0 aliphatic rings. The normalized spacial score (nSPS) is 9.53. The van der Waals surface area contributed by atoms with Gasteiger partial charge in [-0.2, -0.15) is 5.26 Å². The highest BCUT2D eigenvalue weighted by atomic mass is 16.1. The predicted octanol–water partition coefficient (Wildman–Crippen LogP) is 0.841. The van der Waals surface area contributed by atoms with E-state index in [0.717, 1.165) is 0 Å². The van der Waals surface area contributed by atoms with Crippen LogP contribution in [0.4, 0.5) is 0 Å². The van der Waals surface area contributed by atoms with Gasteiger partial charge in [-0.25, -0.2) is 0 Å². The number of carbonyl (C=O) groups is 1. The summed E-state index contributed by atoms with van der Waals surface area (Å²) in [4.78, 5) is 19.4. The monoisotopic (exact) mass is 198 g/mol. The number of benzene rings is 1. The molecule has 15 heavy (non-hydrogen) atoms. The molecule has 1 N–H and O–H groups in total. The van der Waals surface area contributed by atoms with Crippen molar-refractivity contribution in [3.8, 4) is 6.19 Å². The van der Waals surface area contributed by atoms with E-state index in [0.29, 0.717) is 16.6 Å². The van der Waals surface area contributed by atoms with E-state index in [-0.39, 0.29) is 0 Å². The Labute approximate surface area is 85.4 Å². The molecule has 1 aromatic heterocycles. The van der Waals surface area contributed by atoms with Gasteiger partial charge < -0.3 is 0 Å². The molecule has 0 saturated heterocycles. The lowest BCUT2D eigenvalue weighted by molar-refractivity contribution is 0.0973. The van der Waals surface area contributed by atoms with E-state index in [1.807, 2.05) is 5.32 Å². The maximum Gasteiger partial charge on any atom is 0.264 e. The Kier molecular flexibility index (Phi) is 2.25. The Balaban J connectivity index is 2.48. The van der Waals surface area contributed by atoms with Gasteiger partial charge in [0.1, 0.15) is 0 Å². The van der Waals surface area contributed by atoms with E-state index >= 15 is 0 Å². The van der Waals surface area contributed by atoms with E-state index in [9.17, 15) is 4.79 Å². The van der Waals surface area contributed by atoms with Crippen LogP contribution in [0.5, 0.6) is 0 Å². The Morgan fingerprint density at radius 1 is 1.27 bits per heavy atom. The van der Waals surface area contributed by atoms with Gasteiger partial charge in [-0.1, -0.05) is 0 Å². The van der Waals surface area contributed by atoms with Crippen molar-refractivity contribution >= 4 is 16.9 Å². The molecule has 0 saturated carbocycles. The second-order valence-electron chi connectivity index (χ2n) is 2.83. The van der Waals surface area contributed by atoms with Crippen LogP contribution < -0.4 is 5.32 Å². The number of fused-ring (bicyclic) bond motifs is 1. The molecule has 5 heteroatoms. The molecule has 1 amide bonds. The molecule has 0 spiro atoms. The van der Waals surface area contributed by atoms with Gasteiger partial charge in [-0.3, -0.25) is 20.1 Å². The number of amides is 1. The lowest BCUT2D eigenvalue weighted by Gasteiger charge is -1.99.